The zero-order valence-corrected chi connectivity index (χ0v) is 18.0. The molecule has 0 fully saturated rings. The highest BCUT2D eigenvalue weighted by Crippen LogP contribution is 2.24. The van der Waals surface area contributed by atoms with Crippen LogP contribution in [0.5, 0.6) is 0 Å². The third-order valence-electron chi connectivity index (χ3n) is 3.95. The lowest BCUT2D eigenvalue weighted by Crippen LogP contribution is -1.99. The van der Waals surface area contributed by atoms with Gasteiger partial charge in [0.25, 0.3) is 0 Å². The summed E-state index contributed by atoms with van der Waals surface area (Å²) >= 11 is 17.2. The van der Waals surface area contributed by atoms with Crippen molar-refractivity contribution in [3.63, 3.8) is 0 Å². The largest absolute Gasteiger partial charge is 0.323 e. The number of anilines is 2. The number of hydrogen-bond acceptors (Lipinski definition) is 4. The fraction of sp³-hybridized carbons (Fsp3) is 0. The van der Waals surface area contributed by atoms with Gasteiger partial charge in [-0.15, -0.1) is 0 Å². The maximum absolute atomic E-state index is 5.95. The molecule has 0 aliphatic rings. The average molecular weight is 456 g/mol. The fourth-order valence-electron chi connectivity index (χ4n) is 2.51. The van der Waals surface area contributed by atoms with E-state index in [1.54, 1.807) is 12.1 Å². The average Bonchev–Trinajstić information content (AvgIpc) is 2.76. The van der Waals surface area contributed by atoms with Crippen LogP contribution in [0.4, 0.5) is 11.6 Å². The summed E-state index contributed by atoms with van der Waals surface area (Å²) in [7, 11) is 0. The van der Waals surface area contributed by atoms with E-state index in [-0.39, 0.29) is 16.5 Å². The predicted molar refractivity (Wildman–Crippen MR) is 126 cm³/mol. The van der Waals surface area contributed by atoms with Gasteiger partial charge >= 0.3 is 0 Å². The maximum atomic E-state index is 5.95. The first kappa shape index (κ1) is 21.8. The number of hydrogen-bond donors (Lipinski definition) is 1. The van der Waals surface area contributed by atoms with Gasteiger partial charge in [0.2, 0.25) is 16.5 Å². The van der Waals surface area contributed by atoms with Crippen LogP contribution in [0.3, 0.4) is 0 Å². The molecule has 0 aliphatic heterocycles. The highest BCUT2D eigenvalue weighted by molar-refractivity contribution is 6.33. The summed E-state index contributed by atoms with van der Waals surface area (Å²) in [5, 5.41) is 3.49. The van der Waals surface area contributed by atoms with Crippen LogP contribution in [0.15, 0.2) is 91.5 Å². The van der Waals surface area contributed by atoms with Crippen LogP contribution in [0, 0.1) is 0 Å². The van der Waals surface area contributed by atoms with Crippen molar-refractivity contribution in [1.29, 1.82) is 0 Å². The Balaban J connectivity index is 0.000000172. The summed E-state index contributed by atoms with van der Waals surface area (Å²) in [6.45, 7) is 4.10. The Morgan fingerprint density at radius 2 is 1.10 bits per heavy atom. The molecule has 0 amide bonds. The predicted octanol–water partition coefficient (Wildman–Crippen LogP) is 7.32. The van der Waals surface area contributed by atoms with Crippen molar-refractivity contribution >= 4 is 52.0 Å². The van der Waals surface area contributed by atoms with E-state index >= 15 is 0 Å². The first-order valence-corrected chi connectivity index (χ1v) is 10.0. The third kappa shape index (κ3) is 6.29. The van der Waals surface area contributed by atoms with E-state index in [1.807, 2.05) is 48.5 Å². The van der Waals surface area contributed by atoms with Gasteiger partial charge in [-0.1, -0.05) is 91.0 Å². The Kier molecular flexibility index (Phi) is 7.80. The number of rotatable bonds is 4. The third-order valence-corrected chi connectivity index (χ3v) is 4.61. The smallest absolute Gasteiger partial charge is 0.232 e. The van der Waals surface area contributed by atoms with Gasteiger partial charge in [-0.2, -0.15) is 15.0 Å². The normalized spacial score (nSPS) is 9.97. The minimum Gasteiger partial charge on any atom is -0.323 e. The van der Waals surface area contributed by atoms with E-state index in [2.05, 4.69) is 51.1 Å². The summed E-state index contributed by atoms with van der Waals surface area (Å²) < 4.78 is 0. The van der Waals surface area contributed by atoms with Crippen LogP contribution in [-0.4, -0.2) is 15.0 Å². The van der Waals surface area contributed by atoms with Crippen molar-refractivity contribution in [2.75, 3.05) is 5.32 Å². The Hall–Kier alpha value is -2.92. The van der Waals surface area contributed by atoms with Gasteiger partial charge in [0.1, 0.15) is 0 Å². The van der Waals surface area contributed by atoms with Crippen LogP contribution in [-0.2, 0) is 0 Å². The molecule has 0 spiro atoms. The molecule has 0 saturated carbocycles. The number of aromatic nitrogens is 3. The zero-order chi connectivity index (χ0) is 21.3. The van der Waals surface area contributed by atoms with Gasteiger partial charge in [-0.05, 0) is 52.0 Å². The molecular weight excluding hydrogens is 439 g/mol. The van der Waals surface area contributed by atoms with Gasteiger partial charge in [-0.25, -0.2) is 0 Å². The molecular formula is C23H17Cl3N4. The molecule has 3 aromatic carbocycles. The maximum Gasteiger partial charge on any atom is 0.232 e. The first-order valence-electron chi connectivity index (χ1n) is 8.91. The van der Waals surface area contributed by atoms with E-state index in [0.717, 1.165) is 5.57 Å². The quantitative estimate of drug-likeness (QED) is 0.350. The van der Waals surface area contributed by atoms with E-state index in [0.29, 0.717) is 10.7 Å². The van der Waals surface area contributed by atoms with Gasteiger partial charge in [0, 0.05) is 0 Å². The van der Waals surface area contributed by atoms with Crippen LogP contribution in [0.1, 0.15) is 11.1 Å². The Labute approximate surface area is 190 Å². The minimum atomic E-state index is 0.0227. The number of benzene rings is 3. The van der Waals surface area contributed by atoms with E-state index in [9.17, 15) is 0 Å². The van der Waals surface area contributed by atoms with Gasteiger partial charge < -0.3 is 5.32 Å². The molecule has 7 heteroatoms. The Bertz CT molecular complexity index is 1060. The fourth-order valence-corrected chi connectivity index (χ4v) is 3.06. The molecule has 4 rings (SSSR count). The topological polar surface area (TPSA) is 50.7 Å². The van der Waals surface area contributed by atoms with E-state index in [4.69, 9.17) is 34.8 Å². The molecule has 0 radical (unpaired) electrons. The molecule has 4 aromatic rings. The summed E-state index contributed by atoms with van der Waals surface area (Å²) in [5.74, 6) is 0.248. The highest BCUT2D eigenvalue weighted by atomic mass is 35.5. The van der Waals surface area contributed by atoms with Crippen LogP contribution < -0.4 is 5.32 Å². The molecule has 0 unspecified atom stereocenters. The molecule has 0 bridgehead atoms. The lowest BCUT2D eigenvalue weighted by molar-refractivity contribution is 1.05. The number of halogens is 3. The second-order valence-electron chi connectivity index (χ2n) is 6.01. The molecule has 1 N–H and O–H groups in total. The summed E-state index contributed by atoms with van der Waals surface area (Å²) in [4.78, 5) is 11.4. The van der Waals surface area contributed by atoms with Gasteiger partial charge in [0.05, 0.1) is 10.7 Å². The molecule has 1 heterocycles. The van der Waals surface area contributed by atoms with Gasteiger partial charge in [0.15, 0.2) is 0 Å². The van der Waals surface area contributed by atoms with Crippen molar-refractivity contribution in [3.05, 3.63) is 118 Å². The van der Waals surface area contributed by atoms with Crippen molar-refractivity contribution in [2.24, 2.45) is 0 Å². The lowest BCUT2D eigenvalue weighted by Gasteiger charge is -2.06. The molecule has 1 aromatic heterocycles. The standard InChI is InChI=1S/C14H12.C9H5Cl3N4/c1-12(13-8-4-2-5-9-13)14-10-6-3-7-11-14;10-5-3-1-2-4-6(5)13-9-15-7(11)14-8(12)16-9/h2-11H,1H2;1-4H,(H,13,14,15,16). The molecule has 0 atom stereocenters. The van der Waals surface area contributed by atoms with E-state index in [1.165, 1.54) is 11.1 Å². The molecule has 0 saturated heterocycles. The van der Waals surface area contributed by atoms with Crippen molar-refractivity contribution in [2.45, 2.75) is 0 Å². The second kappa shape index (κ2) is 10.7. The number of para-hydroxylation sites is 1. The van der Waals surface area contributed by atoms with Crippen LogP contribution in [0.2, 0.25) is 15.6 Å². The molecule has 4 nitrogen and oxygen atoms in total. The lowest BCUT2D eigenvalue weighted by atomic mass is 10.0. The summed E-state index contributed by atoms with van der Waals surface area (Å²) in [6, 6.07) is 27.7. The van der Waals surface area contributed by atoms with Gasteiger partial charge in [-0.3, -0.25) is 0 Å². The van der Waals surface area contributed by atoms with Crippen molar-refractivity contribution in [1.82, 2.24) is 15.0 Å². The highest BCUT2D eigenvalue weighted by Gasteiger charge is 2.05. The summed E-state index contributed by atoms with van der Waals surface area (Å²) in [5.41, 5.74) is 4.10. The Morgan fingerprint density at radius 3 is 1.60 bits per heavy atom. The Morgan fingerprint density at radius 1 is 0.633 bits per heavy atom. The summed E-state index contributed by atoms with van der Waals surface area (Å²) in [6.07, 6.45) is 0. The number of nitrogens with one attached hydrogen (secondary N) is 1. The second-order valence-corrected chi connectivity index (χ2v) is 7.10. The van der Waals surface area contributed by atoms with Crippen molar-refractivity contribution < 1.29 is 0 Å². The molecule has 150 valence electrons. The van der Waals surface area contributed by atoms with E-state index < -0.39 is 0 Å². The van der Waals surface area contributed by atoms with Crippen LogP contribution >= 0.6 is 34.8 Å². The number of nitrogens with zero attached hydrogens (tertiary/aromatic N) is 3. The SMILES string of the molecule is C=C(c1ccccc1)c1ccccc1.Clc1nc(Cl)nc(Nc2ccccc2Cl)n1. The first-order chi connectivity index (χ1) is 14.5. The van der Waals surface area contributed by atoms with Crippen molar-refractivity contribution in [3.8, 4) is 0 Å². The zero-order valence-electron chi connectivity index (χ0n) is 15.8. The van der Waals surface area contributed by atoms with Crippen LogP contribution in [0.25, 0.3) is 5.57 Å². The molecule has 30 heavy (non-hydrogen) atoms. The monoisotopic (exact) mass is 454 g/mol. The molecule has 0 aliphatic carbocycles. The minimum absolute atomic E-state index is 0.0227.